The van der Waals surface area contributed by atoms with Crippen molar-refractivity contribution in [1.29, 1.82) is 0 Å². The first-order chi connectivity index (χ1) is 18.6. The minimum atomic E-state index is -0.515. The molecule has 0 spiro atoms. The van der Waals surface area contributed by atoms with Gasteiger partial charge in [0.1, 0.15) is 12.4 Å². The van der Waals surface area contributed by atoms with Crippen LogP contribution in [0.4, 0.5) is 5.69 Å². The van der Waals surface area contributed by atoms with Crippen LogP contribution < -0.4 is 15.0 Å². The van der Waals surface area contributed by atoms with E-state index in [4.69, 9.17) is 23.7 Å². The molecule has 2 heterocycles. The number of anilines is 1. The number of aliphatic hydroxyl groups excluding tert-OH is 1. The maximum Gasteiger partial charge on any atom is 0.142 e. The van der Waals surface area contributed by atoms with Gasteiger partial charge in [-0.3, -0.25) is 0 Å². The van der Waals surface area contributed by atoms with Crippen LogP contribution >= 0.6 is 0 Å². The molecule has 0 radical (unpaired) electrons. The van der Waals surface area contributed by atoms with Gasteiger partial charge in [-0.25, -0.2) is 0 Å². The zero-order valence-corrected chi connectivity index (χ0v) is 23.1. The van der Waals surface area contributed by atoms with Crippen molar-refractivity contribution >= 4 is 5.69 Å². The van der Waals surface area contributed by atoms with Gasteiger partial charge in [0.05, 0.1) is 50.9 Å². The lowest BCUT2D eigenvalue weighted by atomic mass is 9.85. The second-order valence-corrected chi connectivity index (χ2v) is 10.4. The molecule has 1 saturated heterocycles. The summed E-state index contributed by atoms with van der Waals surface area (Å²) in [6.07, 6.45) is 0.321. The summed E-state index contributed by atoms with van der Waals surface area (Å²) in [6.45, 7) is 9.00. The predicted molar refractivity (Wildman–Crippen MR) is 148 cm³/mol. The predicted octanol–water partition coefficient (Wildman–Crippen LogP) is 3.35. The Morgan fingerprint density at radius 1 is 1.03 bits per heavy atom. The fourth-order valence-electron chi connectivity index (χ4n) is 5.26. The molecule has 210 valence electrons. The number of nitrogens with one attached hydrogen (secondary N) is 1. The van der Waals surface area contributed by atoms with Gasteiger partial charge in [0.15, 0.2) is 0 Å². The van der Waals surface area contributed by atoms with Crippen LogP contribution in [0, 0.1) is 5.92 Å². The Morgan fingerprint density at radius 2 is 1.84 bits per heavy atom. The first kappa shape index (κ1) is 28.8. The van der Waals surface area contributed by atoms with Crippen LogP contribution in [-0.4, -0.2) is 84.1 Å². The second-order valence-electron chi connectivity index (χ2n) is 10.4. The molecule has 8 nitrogen and oxygen atoms in total. The molecule has 0 amide bonds. The lowest BCUT2D eigenvalue weighted by Crippen LogP contribution is -2.49. The van der Waals surface area contributed by atoms with Gasteiger partial charge in [-0.2, -0.15) is 0 Å². The van der Waals surface area contributed by atoms with E-state index in [-0.39, 0.29) is 12.0 Å². The van der Waals surface area contributed by atoms with Crippen LogP contribution in [0.2, 0.25) is 0 Å². The van der Waals surface area contributed by atoms with E-state index in [1.54, 1.807) is 14.2 Å². The largest absolute Gasteiger partial charge is 0.490 e. The molecule has 2 aromatic carbocycles. The molecule has 4 atom stereocenters. The van der Waals surface area contributed by atoms with E-state index in [0.29, 0.717) is 52.0 Å². The zero-order valence-electron chi connectivity index (χ0n) is 23.1. The average molecular weight is 529 g/mol. The summed E-state index contributed by atoms with van der Waals surface area (Å²) in [7, 11) is 3.45. The number of fused-ring (bicyclic) bond motifs is 1. The van der Waals surface area contributed by atoms with Crippen molar-refractivity contribution in [3.63, 3.8) is 0 Å². The molecule has 2 N–H and O–H groups in total. The van der Waals surface area contributed by atoms with Crippen molar-refractivity contribution in [3.05, 3.63) is 59.2 Å². The number of nitrogens with zero attached hydrogens (tertiary/aromatic N) is 1. The highest BCUT2D eigenvalue weighted by atomic mass is 16.5. The summed E-state index contributed by atoms with van der Waals surface area (Å²) in [4.78, 5) is 2.36. The molecule has 1 fully saturated rings. The first-order valence-electron chi connectivity index (χ1n) is 13.7. The molecule has 2 aromatic rings. The molecule has 2 aliphatic rings. The Kier molecular flexibility index (Phi) is 11.2. The number of hydrogen-bond acceptors (Lipinski definition) is 8. The minimum absolute atomic E-state index is 0.0977. The monoisotopic (exact) mass is 528 g/mol. The van der Waals surface area contributed by atoms with Crippen molar-refractivity contribution in [2.75, 3.05) is 71.7 Å². The van der Waals surface area contributed by atoms with Gasteiger partial charge in [-0.15, -0.1) is 0 Å². The molecular weight excluding hydrogens is 484 g/mol. The van der Waals surface area contributed by atoms with Crippen molar-refractivity contribution in [3.8, 4) is 5.75 Å². The topological polar surface area (TPSA) is 81.7 Å². The van der Waals surface area contributed by atoms with Gasteiger partial charge in [-0.1, -0.05) is 37.3 Å². The fourth-order valence-corrected chi connectivity index (χ4v) is 5.26. The third-order valence-electron chi connectivity index (χ3n) is 7.22. The van der Waals surface area contributed by atoms with Gasteiger partial charge < -0.3 is 39.0 Å². The van der Waals surface area contributed by atoms with Gasteiger partial charge >= 0.3 is 0 Å². The molecule has 4 rings (SSSR count). The summed E-state index contributed by atoms with van der Waals surface area (Å²) in [5, 5.41) is 14.2. The molecule has 8 heteroatoms. The molecule has 0 saturated carbocycles. The molecule has 38 heavy (non-hydrogen) atoms. The lowest BCUT2D eigenvalue weighted by Gasteiger charge is -2.36. The molecule has 0 unspecified atom stereocenters. The zero-order chi connectivity index (χ0) is 26.7. The number of hydrogen-bond donors (Lipinski definition) is 2. The van der Waals surface area contributed by atoms with Crippen LogP contribution in [0.25, 0.3) is 0 Å². The van der Waals surface area contributed by atoms with Crippen molar-refractivity contribution < 1.29 is 28.8 Å². The summed E-state index contributed by atoms with van der Waals surface area (Å²) < 4.78 is 28.6. The smallest absolute Gasteiger partial charge is 0.142 e. The Hall–Kier alpha value is -2.20. The Balaban J connectivity index is 1.37. The number of ether oxygens (including phenoxy) is 5. The highest BCUT2D eigenvalue weighted by Gasteiger charge is 2.34. The highest BCUT2D eigenvalue weighted by molar-refractivity contribution is 5.61. The summed E-state index contributed by atoms with van der Waals surface area (Å²) in [6, 6.07) is 14.7. The maximum absolute atomic E-state index is 10.9. The second kappa shape index (κ2) is 14.8. The van der Waals surface area contributed by atoms with Crippen molar-refractivity contribution in [1.82, 2.24) is 5.32 Å². The van der Waals surface area contributed by atoms with Gasteiger partial charge in [0, 0.05) is 52.3 Å². The van der Waals surface area contributed by atoms with Crippen LogP contribution in [0.5, 0.6) is 5.75 Å². The molecule has 0 aromatic heterocycles. The van der Waals surface area contributed by atoms with E-state index in [0.717, 1.165) is 54.2 Å². The first-order valence-corrected chi connectivity index (χ1v) is 13.7. The molecular formula is C30H44N2O6. The summed E-state index contributed by atoms with van der Waals surface area (Å²) in [5.41, 5.74) is 4.41. The van der Waals surface area contributed by atoms with Crippen molar-refractivity contribution in [2.45, 2.75) is 44.7 Å². The van der Waals surface area contributed by atoms with Crippen molar-refractivity contribution in [2.24, 2.45) is 5.92 Å². The average Bonchev–Trinajstić information content (AvgIpc) is 2.93. The Labute approximate surface area is 227 Å². The van der Waals surface area contributed by atoms with E-state index in [2.05, 4.69) is 53.5 Å². The number of piperidine rings is 1. The van der Waals surface area contributed by atoms with E-state index in [9.17, 15) is 5.11 Å². The van der Waals surface area contributed by atoms with E-state index in [1.807, 2.05) is 6.07 Å². The molecule has 2 aliphatic heterocycles. The number of rotatable bonds is 14. The highest BCUT2D eigenvalue weighted by Crippen LogP contribution is 2.34. The van der Waals surface area contributed by atoms with Gasteiger partial charge in [0.25, 0.3) is 0 Å². The van der Waals surface area contributed by atoms with E-state index >= 15 is 0 Å². The van der Waals surface area contributed by atoms with E-state index in [1.165, 1.54) is 0 Å². The van der Waals surface area contributed by atoms with E-state index < -0.39 is 6.10 Å². The lowest BCUT2D eigenvalue weighted by molar-refractivity contribution is -0.0328. The van der Waals surface area contributed by atoms with Crippen LogP contribution in [0.3, 0.4) is 0 Å². The summed E-state index contributed by atoms with van der Waals surface area (Å²) in [5.74, 6) is 1.19. The Bertz CT molecular complexity index is 972. The Morgan fingerprint density at radius 3 is 2.63 bits per heavy atom. The maximum atomic E-state index is 10.9. The van der Waals surface area contributed by atoms with Crippen LogP contribution in [0.1, 0.15) is 36.0 Å². The third kappa shape index (κ3) is 7.91. The minimum Gasteiger partial charge on any atom is -0.490 e. The number of aliphatic hydroxyl groups is 1. The normalized spacial score (nSPS) is 22.1. The van der Waals surface area contributed by atoms with Gasteiger partial charge in [-0.05, 0) is 35.2 Å². The summed E-state index contributed by atoms with van der Waals surface area (Å²) >= 11 is 0. The number of β-amino-alcohol motifs (C(OH)–C–C–N with tert-alkyl or cyclic N) is 1. The van der Waals surface area contributed by atoms with Crippen LogP contribution in [-0.2, 0) is 32.2 Å². The number of benzene rings is 2. The third-order valence-corrected chi connectivity index (χ3v) is 7.22. The fraction of sp³-hybridized carbons (Fsp3) is 0.600. The standard InChI is InChI=1S/C30H44N2O6/c1-22(18-35-3)19-36-20-23-5-8-25(9-6-23)30-27(33)16-31-17-29(30)38-21-24-7-10-28-26(15-24)32(12-14-37-28)11-4-13-34-2/h5-10,15,22,27,29-31,33H,4,11-14,16-21H2,1-3H3/t22-,27+,29-,30-/m0/s1. The molecule has 0 bridgehead atoms. The number of methoxy groups -OCH3 is 2. The SMILES string of the molecule is COCCCN1CCOc2ccc(CO[C@H]3CNC[C@@H](O)[C@@H]3c3ccc(COC[C@@H](C)COC)cc3)cc21. The quantitative estimate of drug-likeness (QED) is 0.362. The van der Waals surface area contributed by atoms with Crippen LogP contribution in [0.15, 0.2) is 42.5 Å². The molecule has 0 aliphatic carbocycles. The van der Waals surface area contributed by atoms with Gasteiger partial charge in [0.2, 0.25) is 0 Å².